The number of carbonyl (C=O) groups is 1. The second kappa shape index (κ2) is 4.17. The van der Waals surface area contributed by atoms with Gasteiger partial charge in [-0.3, -0.25) is 4.79 Å². The fraction of sp³-hybridized carbons (Fsp3) is 0.364. The largest absolute Gasteiger partial charge is 0.309 e. The number of anilines is 1. The van der Waals surface area contributed by atoms with Gasteiger partial charge in [-0.15, -0.1) is 0 Å². The lowest BCUT2D eigenvalue weighted by molar-refractivity contribution is -0.118. The van der Waals surface area contributed by atoms with Gasteiger partial charge in [0, 0.05) is 6.54 Å². The normalized spacial score (nSPS) is 20.6. The summed E-state index contributed by atoms with van der Waals surface area (Å²) in [5.41, 5.74) is -0.245. The van der Waals surface area contributed by atoms with Crippen LogP contribution in [0.1, 0.15) is 6.42 Å². The second-order valence-electron chi connectivity index (χ2n) is 3.69. The van der Waals surface area contributed by atoms with Crippen molar-refractivity contribution in [3.63, 3.8) is 0 Å². The maximum absolute atomic E-state index is 13.5. The fourth-order valence-corrected chi connectivity index (χ4v) is 1.92. The first-order valence-electron chi connectivity index (χ1n) is 5.08. The molecule has 1 atom stereocenters. The summed E-state index contributed by atoms with van der Waals surface area (Å²) in [6.45, 7) is 0.336. The maximum Gasteiger partial charge on any atom is 0.244 e. The van der Waals surface area contributed by atoms with E-state index in [1.807, 2.05) is 0 Å². The molecule has 1 aromatic carbocycles. The second-order valence-corrected chi connectivity index (χ2v) is 3.69. The Hall–Kier alpha value is -1.49. The van der Waals surface area contributed by atoms with Gasteiger partial charge in [-0.2, -0.15) is 0 Å². The van der Waals surface area contributed by atoms with E-state index >= 15 is 0 Å². The number of nitrogens with zero attached hydrogens (tertiary/aromatic N) is 1. The number of likely N-dealkylation sites (N-methyl/N-ethyl adjacent to an activating group) is 1. The minimum atomic E-state index is -0.704. The monoisotopic (exact) mass is 226 g/mol. The Balaban J connectivity index is 2.36. The third-order valence-corrected chi connectivity index (χ3v) is 2.76. The van der Waals surface area contributed by atoms with Gasteiger partial charge in [-0.25, -0.2) is 8.78 Å². The summed E-state index contributed by atoms with van der Waals surface area (Å²) in [6, 6.07) is 3.24. The smallest absolute Gasteiger partial charge is 0.244 e. The lowest BCUT2D eigenvalue weighted by Crippen LogP contribution is -2.37. The third kappa shape index (κ3) is 1.67. The summed E-state index contributed by atoms with van der Waals surface area (Å²) in [6.07, 6.45) is 0.559. The molecule has 1 fully saturated rings. The predicted octanol–water partition coefficient (Wildman–Crippen LogP) is 1.29. The van der Waals surface area contributed by atoms with Crippen LogP contribution >= 0.6 is 0 Å². The van der Waals surface area contributed by atoms with Gasteiger partial charge < -0.3 is 10.2 Å². The van der Waals surface area contributed by atoms with Crippen LogP contribution in [-0.4, -0.2) is 25.5 Å². The molecule has 16 heavy (non-hydrogen) atoms. The lowest BCUT2D eigenvalue weighted by atomic mass is 10.2. The molecule has 0 spiro atoms. The van der Waals surface area contributed by atoms with Crippen molar-refractivity contribution in [1.82, 2.24) is 5.32 Å². The number of halogens is 2. The molecule has 1 aromatic rings. The van der Waals surface area contributed by atoms with Gasteiger partial charge in [0.1, 0.15) is 17.3 Å². The van der Waals surface area contributed by atoms with E-state index in [-0.39, 0.29) is 17.6 Å². The summed E-state index contributed by atoms with van der Waals surface area (Å²) in [5, 5.41) is 2.82. The molecule has 0 saturated carbocycles. The molecule has 0 aromatic heterocycles. The highest BCUT2D eigenvalue weighted by Crippen LogP contribution is 2.27. The Morgan fingerprint density at radius 3 is 2.50 bits per heavy atom. The standard InChI is InChI=1S/C11H12F2N2O/c1-14-9-5-6-15(11(9)16)10-7(12)3-2-4-8(10)13/h2-4,9,14H,5-6H2,1H3. The molecule has 3 nitrogen and oxygen atoms in total. The van der Waals surface area contributed by atoms with Gasteiger partial charge in [-0.05, 0) is 25.6 Å². The van der Waals surface area contributed by atoms with Crippen LogP contribution in [0, 0.1) is 11.6 Å². The van der Waals surface area contributed by atoms with Gasteiger partial charge in [-0.1, -0.05) is 6.07 Å². The first-order chi connectivity index (χ1) is 7.65. The van der Waals surface area contributed by atoms with Crippen LogP contribution in [0.4, 0.5) is 14.5 Å². The van der Waals surface area contributed by atoms with Gasteiger partial charge in [0.05, 0.1) is 6.04 Å². The lowest BCUT2D eigenvalue weighted by Gasteiger charge is -2.17. The minimum Gasteiger partial charge on any atom is -0.309 e. The van der Waals surface area contributed by atoms with E-state index in [2.05, 4.69) is 5.32 Å². The molecule has 86 valence electrons. The summed E-state index contributed by atoms with van der Waals surface area (Å²) >= 11 is 0. The quantitative estimate of drug-likeness (QED) is 0.824. The van der Waals surface area contributed by atoms with Crippen molar-refractivity contribution < 1.29 is 13.6 Å². The van der Waals surface area contributed by atoms with Crippen LogP contribution in [0.25, 0.3) is 0 Å². The maximum atomic E-state index is 13.5. The predicted molar refractivity (Wildman–Crippen MR) is 56.2 cm³/mol. The molecule has 0 bridgehead atoms. The average Bonchev–Trinajstić information content (AvgIpc) is 2.60. The number of nitrogens with one attached hydrogen (secondary N) is 1. The number of rotatable bonds is 2. The Labute approximate surface area is 92.1 Å². The van der Waals surface area contributed by atoms with Crippen LogP contribution in [-0.2, 0) is 4.79 Å². The van der Waals surface area contributed by atoms with E-state index in [9.17, 15) is 13.6 Å². The van der Waals surface area contributed by atoms with Crippen molar-refractivity contribution in [2.24, 2.45) is 0 Å². The van der Waals surface area contributed by atoms with E-state index in [4.69, 9.17) is 0 Å². The van der Waals surface area contributed by atoms with Crippen molar-refractivity contribution >= 4 is 11.6 Å². The molecule has 1 aliphatic rings. The molecule has 1 aliphatic heterocycles. The zero-order valence-electron chi connectivity index (χ0n) is 8.84. The third-order valence-electron chi connectivity index (χ3n) is 2.76. The van der Waals surface area contributed by atoms with Crippen LogP contribution in [0.15, 0.2) is 18.2 Å². The molecule has 1 heterocycles. The highest BCUT2D eigenvalue weighted by molar-refractivity contribution is 5.99. The van der Waals surface area contributed by atoms with Crippen LogP contribution in [0.2, 0.25) is 0 Å². The number of hydrogen-bond acceptors (Lipinski definition) is 2. The van der Waals surface area contributed by atoms with Crippen molar-refractivity contribution in [3.8, 4) is 0 Å². The molecule has 0 radical (unpaired) electrons. The number of benzene rings is 1. The Morgan fingerprint density at radius 2 is 2.00 bits per heavy atom. The van der Waals surface area contributed by atoms with E-state index in [1.54, 1.807) is 7.05 Å². The number of carbonyl (C=O) groups excluding carboxylic acids is 1. The minimum absolute atomic E-state index is 0.245. The zero-order chi connectivity index (χ0) is 11.7. The van der Waals surface area contributed by atoms with Crippen molar-refractivity contribution in [1.29, 1.82) is 0 Å². The molecule has 2 rings (SSSR count). The summed E-state index contributed by atoms with van der Waals surface area (Å²) in [5.74, 6) is -1.69. The van der Waals surface area contributed by atoms with E-state index in [1.165, 1.54) is 6.07 Å². The van der Waals surface area contributed by atoms with Gasteiger partial charge >= 0.3 is 0 Å². The molecule has 1 amide bonds. The number of amides is 1. The molecule has 0 aliphatic carbocycles. The first kappa shape index (κ1) is 11.0. The fourth-order valence-electron chi connectivity index (χ4n) is 1.92. The molecule has 1 N–H and O–H groups in total. The Kier molecular flexibility index (Phi) is 2.87. The van der Waals surface area contributed by atoms with E-state index in [0.29, 0.717) is 13.0 Å². The number of hydrogen-bond donors (Lipinski definition) is 1. The topological polar surface area (TPSA) is 32.3 Å². The van der Waals surface area contributed by atoms with Gasteiger partial charge in [0.25, 0.3) is 0 Å². The SMILES string of the molecule is CNC1CCN(c2c(F)cccc2F)C1=O. The van der Waals surface area contributed by atoms with E-state index in [0.717, 1.165) is 17.0 Å². The van der Waals surface area contributed by atoms with Gasteiger partial charge in [0.2, 0.25) is 5.91 Å². The molecule has 1 unspecified atom stereocenters. The molecule has 1 saturated heterocycles. The van der Waals surface area contributed by atoms with E-state index < -0.39 is 11.6 Å². The first-order valence-corrected chi connectivity index (χ1v) is 5.08. The zero-order valence-corrected chi connectivity index (χ0v) is 8.84. The van der Waals surface area contributed by atoms with Crippen molar-refractivity contribution in [2.75, 3.05) is 18.5 Å². The Morgan fingerprint density at radius 1 is 1.38 bits per heavy atom. The van der Waals surface area contributed by atoms with Crippen molar-refractivity contribution in [3.05, 3.63) is 29.8 Å². The summed E-state index contributed by atoms with van der Waals surface area (Å²) < 4.78 is 26.9. The number of para-hydroxylation sites is 1. The van der Waals surface area contributed by atoms with Gasteiger partial charge in [0.15, 0.2) is 0 Å². The summed E-state index contributed by atoms with van der Waals surface area (Å²) in [7, 11) is 1.66. The van der Waals surface area contributed by atoms with Crippen LogP contribution < -0.4 is 10.2 Å². The van der Waals surface area contributed by atoms with Crippen molar-refractivity contribution in [2.45, 2.75) is 12.5 Å². The highest BCUT2D eigenvalue weighted by atomic mass is 19.1. The highest BCUT2D eigenvalue weighted by Gasteiger charge is 2.34. The average molecular weight is 226 g/mol. The summed E-state index contributed by atoms with van der Waals surface area (Å²) in [4.78, 5) is 12.9. The van der Waals surface area contributed by atoms with Crippen LogP contribution in [0.3, 0.4) is 0 Å². The molecular weight excluding hydrogens is 214 g/mol. The molecule has 5 heteroatoms. The Bertz CT molecular complexity index is 402. The molecular formula is C11H12F2N2O. The van der Waals surface area contributed by atoms with Crippen LogP contribution in [0.5, 0.6) is 0 Å².